The highest BCUT2D eigenvalue weighted by atomic mass is 19.1. The average molecular weight is 269 g/mol. The van der Waals surface area contributed by atoms with Crippen LogP contribution in [-0.2, 0) is 11.3 Å². The van der Waals surface area contributed by atoms with Crippen molar-refractivity contribution in [2.24, 2.45) is 0 Å². The van der Waals surface area contributed by atoms with E-state index >= 15 is 0 Å². The molecule has 0 aliphatic heterocycles. The molecule has 0 aliphatic carbocycles. The molecule has 0 aromatic heterocycles. The summed E-state index contributed by atoms with van der Waals surface area (Å²) in [4.78, 5) is 0. The van der Waals surface area contributed by atoms with Crippen LogP contribution < -0.4 is 10.1 Å². The van der Waals surface area contributed by atoms with E-state index in [4.69, 9.17) is 9.47 Å². The molecule has 4 heteroatoms. The van der Waals surface area contributed by atoms with Gasteiger partial charge < -0.3 is 14.8 Å². The monoisotopic (exact) mass is 269 g/mol. The van der Waals surface area contributed by atoms with Crippen molar-refractivity contribution < 1.29 is 13.9 Å². The fourth-order valence-electron chi connectivity index (χ4n) is 1.69. The third-order valence-electron chi connectivity index (χ3n) is 2.74. The second kappa shape index (κ2) is 8.88. The number of methoxy groups -OCH3 is 1. The minimum absolute atomic E-state index is 0.296. The first-order chi connectivity index (χ1) is 9.15. The van der Waals surface area contributed by atoms with Crippen LogP contribution >= 0.6 is 0 Å². The summed E-state index contributed by atoms with van der Waals surface area (Å²) in [5, 5.41) is 3.27. The lowest BCUT2D eigenvalue weighted by Crippen LogP contribution is -2.22. The largest absolute Gasteiger partial charge is 0.490 e. The van der Waals surface area contributed by atoms with Gasteiger partial charge in [-0.2, -0.15) is 0 Å². The van der Waals surface area contributed by atoms with Crippen LogP contribution in [0.25, 0.3) is 0 Å². The van der Waals surface area contributed by atoms with Crippen LogP contribution in [0.15, 0.2) is 18.2 Å². The summed E-state index contributed by atoms with van der Waals surface area (Å²) < 4.78 is 24.3. The lowest BCUT2D eigenvalue weighted by Gasteiger charge is -2.14. The minimum atomic E-state index is -0.296. The van der Waals surface area contributed by atoms with Crippen LogP contribution in [0.1, 0.15) is 32.3 Å². The third-order valence-corrected chi connectivity index (χ3v) is 2.74. The van der Waals surface area contributed by atoms with Gasteiger partial charge in [-0.05, 0) is 18.9 Å². The number of para-hydroxylation sites is 1. The number of rotatable bonds is 9. The van der Waals surface area contributed by atoms with Crippen LogP contribution in [0.5, 0.6) is 5.75 Å². The summed E-state index contributed by atoms with van der Waals surface area (Å²) in [6, 6.07) is 5.40. The zero-order valence-electron chi connectivity index (χ0n) is 12.0. The van der Waals surface area contributed by atoms with Gasteiger partial charge >= 0.3 is 0 Å². The maximum Gasteiger partial charge on any atom is 0.165 e. The van der Waals surface area contributed by atoms with E-state index in [1.54, 1.807) is 13.2 Å². The van der Waals surface area contributed by atoms with E-state index in [0.717, 1.165) is 18.4 Å². The molecule has 0 amide bonds. The predicted octanol–water partition coefficient (Wildman–Crippen LogP) is 3.13. The van der Waals surface area contributed by atoms with Crippen LogP contribution in [0.4, 0.5) is 4.39 Å². The van der Waals surface area contributed by atoms with Gasteiger partial charge in [-0.15, -0.1) is 0 Å². The van der Waals surface area contributed by atoms with Gasteiger partial charge in [-0.1, -0.05) is 26.0 Å². The van der Waals surface area contributed by atoms with E-state index in [-0.39, 0.29) is 5.82 Å². The second-order valence-electron chi connectivity index (χ2n) is 4.81. The van der Waals surface area contributed by atoms with Crippen molar-refractivity contribution in [3.8, 4) is 5.75 Å². The van der Waals surface area contributed by atoms with Crippen LogP contribution in [0.2, 0.25) is 0 Å². The average Bonchev–Trinajstić information content (AvgIpc) is 2.38. The van der Waals surface area contributed by atoms with Gasteiger partial charge in [0, 0.05) is 31.9 Å². The second-order valence-corrected chi connectivity index (χ2v) is 4.81. The molecular formula is C15H24FNO2. The molecule has 3 nitrogen and oxygen atoms in total. The maximum absolute atomic E-state index is 13.8. The van der Waals surface area contributed by atoms with E-state index < -0.39 is 0 Å². The van der Waals surface area contributed by atoms with Crippen molar-refractivity contribution in [2.45, 2.75) is 39.3 Å². The van der Waals surface area contributed by atoms with Crippen LogP contribution in [-0.4, -0.2) is 26.4 Å². The van der Waals surface area contributed by atoms with E-state index in [0.29, 0.717) is 31.5 Å². The first kappa shape index (κ1) is 15.9. The highest BCUT2D eigenvalue weighted by molar-refractivity contribution is 5.34. The number of ether oxygens (including phenoxy) is 2. The molecule has 1 aromatic rings. The fourth-order valence-corrected chi connectivity index (χ4v) is 1.69. The third kappa shape index (κ3) is 6.03. The van der Waals surface area contributed by atoms with Crippen molar-refractivity contribution in [3.05, 3.63) is 29.6 Å². The summed E-state index contributed by atoms with van der Waals surface area (Å²) in [5.41, 5.74) is 0.862. The van der Waals surface area contributed by atoms with E-state index in [9.17, 15) is 4.39 Å². The molecule has 1 aromatic carbocycles. The molecule has 0 radical (unpaired) electrons. The smallest absolute Gasteiger partial charge is 0.165 e. The van der Waals surface area contributed by atoms with Gasteiger partial charge in [-0.3, -0.25) is 0 Å². The molecule has 0 atom stereocenters. The van der Waals surface area contributed by atoms with Crippen molar-refractivity contribution in [3.63, 3.8) is 0 Å². The molecule has 19 heavy (non-hydrogen) atoms. The van der Waals surface area contributed by atoms with Crippen molar-refractivity contribution in [2.75, 3.05) is 20.3 Å². The quantitative estimate of drug-likeness (QED) is 0.699. The molecule has 0 spiro atoms. The van der Waals surface area contributed by atoms with E-state index in [1.807, 2.05) is 6.07 Å². The van der Waals surface area contributed by atoms with Gasteiger partial charge in [0.05, 0.1) is 6.61 Å². The van der Waals surface area contributed by atoms with Crippen molar-refractivity contribution in [1.29, 1.82) is 0 Å². The summed E-state index contributed by atoms with van der Waals surface area (Å²) in [6.07, 6.45) is 1.78. The SMILES string of the molecule is COCCCCOc1c(F)cccc1CNC(C)C. The van der Waals surface area contributed by atoms with Gasteiger partial charge in [0.2, 0.25) is 0 Å². The summed E-state index contributed by atoms with van der Waals surface area (Å²) in [7, 11) is 1.67. The Hall–Kier alpha value is -1.13. The molecule has 0 bridgehead atoms. The molecular weight excluding hydrogens is 245 g/mol. The lowest BCUT2D eigenvalue weighted by molar-refractivity contribution is 0.183. The molecule has 0 fully saturated rings. The van der Waals surface area contributed by atoms with Gasteiger partial charge in [0.25, 0.3) is 0 Å². The number of benzene rings is 1. The number of nitrogens with one attached hydrogen (secondary N) is 1. The lowest BCUT2D eigenvalue weighted by atomic mass is 10.2. The Bertz CT molecular complexity index is 369. The normalized spacial score (nSPS) is 11.0. The standard InChI is InChI=1S/C15H24FNO2/c1-12(2)17-11-13-7-6-8-14(16)15(13)19-10-5-4-9-18-3/h6-8,12,17H,4-5,9-11H2,1-3H3. The molecule has 0 saturated carbocycles. The molecule has 0 unspecified atom stereocenters. The zero-order valence-corrected chi connectivity index (χ0v) is 12.0. The number of hydrogen-bond donors (Lipinski definition) is 1. The molecule has 108 valence electrons. The minimum Gasteiger partial charge on any atom is -0.490 e. The molecule has 1 N–H and O–H groups in total. The van der Waals surface area contributed by atoms with Crippen molar-refractivity contribution >= 4 is 0 Å². The zero-order chi connectivity index (χ0) is 14.1. The molecule has 0 saturated heterocycles. The Balaban J connectivity index is 2.54. The van der Waals surface area contributed by atoms with Gasteiger partial charge in [-0.25, -0.2) is 4.39 Å². The molecule has 1 rings (SSSR count). The number of unbranched alkanes of at least 4 members (excludes halogenated alkanes) is 1. The Morgan fingerprint density at radius 1 is 1.21 bits per heavy atom. The highest BCUT2D eigenvalue weighted by Gasteiger charge is 2.09. The molecule has 0 heterocycles. The highest BCUT2D eigenvalue weighted by Crippen LogP contribution is 2.23. The molecule has 0 aliphatic rings. The Labute approximate surface area is 115 Å². The maximum atomic E-state index is 13.8. The van der Waals surface area contributed by atoms with Crippen LogP contribution in [0, 0.1) is 5.82 Å². The predicted molar refractivity (Wildman–Crippen MR) is 75.0 cm³/mol. The Morgan fingerprint density at radius 2 is 1.95 bits per heavy atom. The summed E-state index contributed by atoms with van der Waals surface area (Å²) in [6.45, 7) is 5.96. The first-order valence-corrected chi connectivity index (χ1v) is 6.77. The summed E-state index contributed by atoms with van der Waals surface area (Å²) >= 11 is 0. The topological polar surface area (TPSA) is 30.5 Å². The van der Waals surface area contributed by atoms with Gasteiger partial charge in [0.15, 0.2) is 11.6 Å². The number of hydrogen-bond acceptors (Lipinski definition) is 3. The Morgan fingerprint density at radius 3 is 2.63 bits per heavy atom. The van der Waals surface area contributed by atoms with E-state index in [2.05, 4.69) is 19.2 Å². The van der Waals surface area contributed by atoms with Gasteiger partial charge in [0.1, 0.15) is 0 Å². The fraction of sp³-hybridized carbons (Fsp3) is 0.600. The van der Waals surface area contributed by atoms with E-state index in [1.165, 1.54) is 6.07 Å². The number of halogens is 1. The van der Waals surface area contributed by atoms with Crippen LogP contribution in [0.3, 0.4) is 0 Å². The first-order valence-electron chi connectivity index (χ1n) is 6.77. The Kier molecular flexibility index (Phi) is 7.45. The van der Waals surface area contributed by atoms with Crippen molar-refractivity contribution in [1.82, 2.24) is 5.32 Å². The summed E-state index contributed by atoms with van der Waals surface area (Å²) in [5.74, 6) is 0.0721.